The van der Waals surface area contributed by atoms with E-state index in [1.165, 1.54) is 0 Å². The van der Waals surface area contributed by atoms with Gasteiger partial charge in [0.25, 0.3) is 0 Å². The molecule has 5 heteroatoms. The molecule has 0 aromatic carbocycles. The van der Waals surface area contributed by atoms with Crippen molar-refractivity contribution in [3.05, 3.63) is 24.1 Å². The van der Waals surface area contributed by atoms with Crippen LogP contribution in [-0.2, 0) is 13.0 Å². The standard InChI is InChI=1S/C10H14N4O/c1-2-8-3-4-10(15-8)9-7-14(6-5-11)13-12-9/h3-4,7H,2,5-6,11H2,1H3. The summed E-state index contributed by atoms with van der Waals surface area (Å²) in [5, 5.41) is 7.96. The molecule has 0 bridgehead atoms. The van der Waals surface area contributed by atoms with Crippen LogP contribution in [0.4, 0.5) is 0 Å². The van der Waals surface area contributed by atoms with Gasteiger partial charge in [-0.05, 0) is 12.1 Å². The number of hydrogen-bond donors (Lipinski definition) is 1. The molecule has 80 valence electrons. The van der Waals surface area contributed by atoms with Crippen LogP contribution >= 0.6 is 0 Å². The summed E-state index contributed by atoms with van der Waals surface area (Å²) in [5.74, 6) is 1.72. The summed E-state index contributed by atoms with van der Waals surface area (Å²) in [6.07, 6.45) is 2.72. The molecule has 0 spiro atoms. The van der Waals surface area contributed by atoms with Crippen LogP contribution in [0.2, 0.25) is 0 Å². The third-order valence-corrected chi connectivity index (χ3v) is 2.16. The van der Waals surface area contributed by atoms with E-state index in [1.807, 2.05) is 25.3 Å². The van der Waals surface area contributed by atoms with E-state index in [2.05, 4.69) is 10.3 Å². The Balaban J connectivity index is 2.21. The fraction of sp³-hybridized carbons (Fsp3) is 0.400. The van der Waals surface area contributed by atoms with Crippen LogP contribution in [0.5, 0.6) is 0 Å². The molecule has 0 saturated carbocycles. The second-order valence-corrected chi connectivity index (χ2v) is 3.28. The summed E-state index contributed by atoms with van der Waals surface area (Å²) in [6, 6.07) is 3.87. The van der Waals surface area contributed by atoms with Gasteiger partial charge in [-0.1, -0.05) is 12.1 Å². The molecule has 0 aliphatic heterocycles. The van der Waals surface area contributed by atoms with Crippen molar-refractivity contribution >= 4 is 0 Å². The van der Waals surface area contributed by atoms with Crippen molar-refractivity contribution in [2.24, 2.45) is 5.73 Å². The van der Waals surface area contributed by atoms with Crippen molar-refractivity contribution in [1.29, 1.82) is 0 Å². The molecule has 0 fully saturated rings. The first-order valence-corrected chi connectivity index (χ1v) is 5.02. The van der Waals surface area contributed by atoms with Crippen molar-refractivity contribution in [2.45, 2.75) is 19.9 Å². The summed E-state index contributed by atoms with van der Waals surface area (Å²) >= 11 is 0. The minimum absolute atomic E-state index is 0.557. The topological polar surface area (TPSA) is 69.9 Å². The monoisotopic (exact) mass is 206 g/mol. The number of hydrogen-bond acceptors (Lipinski definition) is 4. The Hall–Kier alpha value is -1.62. The van der Waals surface area contributed by atoms with E-state index in [1.54, 1.807) is 4.68 Å². The normalized spacial score (nSPS) is 10.8. The van der Waals surface area contributed by atoms with Gasteiger partial charge in [0.05, 0.1) is 12.7 Å². The molecular formula is C10H14N4O. The summed E-state index contributed by atoms with van der Waals surface area (Å²) in [4.78, 5) is 0. The average molecular weight is 206 g/mol. The average Bonchev–Trinajstić information content (AvgIpc) is 2.85. The first kappa shape index (κ1) is 9.92. The van der Waals surface area contributed by atoms with Gasteiger partial charge >= 0.3 is 0 Å². The molecule has 2 aromatic rings. The van der Waals surface area contributed by atoms with E-state index in [9.17, 15) is 0 Å². The molecule has 0 aliphatic carbocycles. The first-order valence-electron chi connectivity index (χ1n) is 5.02. The Labute approximate surface area is 87.9 Å². The zero-order chi connectivity index (χ0) is 10.7. The molecule has 5 nitrogen and oxygen atoms in total. The van der Waals surface area contributed by atoms with Gasteiger partial charge in [0.2, 0.25) is 0 Å². The lowest BCUT2D eigenvalue weighted by Gasteiger charge is -1.92. The maximum atomic E-state index is 5.56. The molecule has 0 unspecified atom stereocenters. The number of nitrogens with zero attached hydrogens (tertiary/aromatic N) is 3. The smallest absolute Gasteiger partial charge is 0.156 e. The highest BCUT2D eigenvalue weighted by molar-refractivity contribution is 5.50. The lowest BCUT2D eigenvalue weighted by Crippen LogP contribution is -2.10. The summed E-state index contributed by atoms with van der Waals surface area (Å²) in [5.41, 5.74) is 6.17. The van der Waals surface area contributed by atoms with E-state index >= 15 is 0 Å². The van der Waals surface area contributed by atoms with Crippen LogP contribution in [-0.4, -0.2) is 21.5 Å². The zero-order valence-corrected chi connectivity index (χ0v) is 8.68. The Bertz CT molecular complexity index is 432. The number of nitrogens with two attached hydrogens (primary N) is 1. The van der Waals surface area contributed by atoms with E-state index in [0.29, 0.717) is 13.1 Å². The zero-order valence-electron chi connectivity index (χ0n) is 8.68. The highest BCUT2D eigenvalue weighted by atomic mass is 16.3. The highest BCUT2D eigenvalue weighted by Crippen LogP contribution is 2.19. The fourth-order valence-corrected chi connectivity index (χ4v) is 1.36. The van der Waals surface area contributed by atoms with Crippen molar-refractivity contribution in [3.8, 4) is 11.5 Å². The highest BCUT2D eigenvalue weighted by Gasteiger charge is 2.07. The van der Waals surface area contributed by atoms with Crippen molar-refractivity contribution in [2.75, 3.05) is 6.54 Å². The molecule has 0 saturated heterocycles. The predicted molar refractivity (Wildman–Crippen MR) is 56.2 cm³/mol. The SMILES string of the molecule is CCc1ccc(-c2cn(CCN)nn2)o1. The van der Waals surface area contributed by atoms with E-state index in [4.69, 9.17) is 10.2 Å². The van der Waals surface area contributed by atoms with Gasteiger partial charge in [0.1, 0.15) is 11.5 Å². The Morgan fingerprint density at radius 3 is 3.00 bits per heavy atom. The van der Waals surface area contributed by atoms with Crippen molar-refractivity contribution < 1.29 is 4.42 Å². The third kappa shape index (κ3) is 2.07. The molecule has 0 atom stereocenters. The van der Waals surface area contributed by atoms with Gasteiger partial charge < -0.3 is 10.2 Å². The van der Waals surface area contributed by atoms with Gasteiger partial charge in [-0.3, -0.25) is 4.68 Å². The van der Waals surface area contributed by atoms with Crippen LogP contribution in [0.15, 0.2) is 22.7 Å². The van der Waals surface area contributed by atoms with E-state index in [0.717, 1.165) is 23.6 Å². The van der Waals surface area contributed by atoms with E-state index < -0.39 is 0 Å². The largest absolute Gasteiger partial charge is 0.459 e. The Morgan fingerprint density at radius 2 is 2.33 bits per heavy atom. The van der Waals surface area contributed by atoms with Gasteiger partial charge in [-0.2, -0.15) is 0 Å². The second kappa shape index (κ2) is 4.27. The lowest BCUT2D eigenvalue weighted by molar-refractivity contribution is 0.527. The number of aromatic nitrogens is 3. The Kier molecular flexibility index (Phi) is 2.82. The van der Waals surface area contributed by atoms with Gasteiger partial charge in [0.15, 0.2) is 5.76 Å². The van der Waals surface area contributed by atoms with Crippen molar-refractivity contribution in [1.82, 2.24) is 15.0 Å². The third-order valence-electron chi connectivity index (χ3n) is 2.16. The first-order chi connectivity index (χ1) is 7.33. The molecule has 2 N–H and O–H groups in total. The summed E-state index contributed by atoms with van der Waals surface area (Å²) < 4.78 is 7.28. The maximum Gasteiger partial charge on any atom is 0.156 e. The minimum atomic E-state index is 0.557. The second-order valence-electron chi connectivity index (χ2n) is 3.28. The van der Waals surface area contributed by atoms with Crippen LogP contribution in [0.3, 0.4) is 0 Å². The van der Waals surface area contributed by atoms with Gasteiger partial charge in [-0.15, -0.1) is 5.10 Å². The van der Waals surface area contributed by atoms with Crippen LogP contribution in [0.1, 0.15) is 12.7 Å². The van der Waals surface area contributed by atoms with Crippen molar-refractivity contribution in [3.63, 3.8) is 0 Å². The summed E-state index contributed by atoms with van der Waals surface area (Å²) in [7, 11) is 0. The number of rotatable bonds is 4. The molecular weight excluding hydrogens is 192 g/mol. The number of furan rings is 1. The predicted octanol–water partition coefficient (Wildman–Crippen LogP) is 1.06. The van der Waals surface area contributed by atoms with Crippen LogP contribution < -0.4 is 5.73 Å². The van der Waals surface area contributed by atoms with Gasteiger partial charge in [0, 0.05) is 13.0 Å². The molecule has 0 amide bonds. The Morgan fingerprint density at radius 1 is 1.47 bits per heavy atom. The maximum absolute atomic E-state index is 5.56. The lowest BCUT2D eigenvalue weighted by atomic mass is 10.3. The molecule has 0 aliphatic rings. The molecule has 2 heterocycles. The van der Waals surface area contributed by atoms with Gasteiger partial charge in [-0.25, -0.2) is 0 Å². The fourth-order valence-electron chi connectivity index (χ4n) is 1.36. The molecule has 15 heavy (non-hydrogen) atoms. The quantitative estimate of drug-likeness (QED) is 0.812. The van der Waals surface area contributed by atoms with Crippen LogP contribution in [0, 0.1) is 0 Å². The number of aryl methyl sites for hydroxylation is 1. The summed E-state index contributed by atoms with van der Waals surface area (Å²) in [6.45, 7) is 3.28. The molecule has 0 radical (unpaired) electrons. The molecule has 2 aromatic heterocycles. The van der Waals surface area contributed by atoms with E-state index in [-0.39, 0.29) is 0 Å². The van der Waals surface area contributed by atoms with Crippen LogP contribution in [0.25, 0.3) is 11.5 Å². The molecule has 2 rings (SSSR count). The minimum Gasteiger partial charge on any atom is -0.459 e.